The van der Waals surface area contributed by atoms with Gasteiger partial charge in [0.15, 0.2) is 0 Å². The third-order valence-electron chi connectivity index (χ3n) is 4.64. The van der Waals surface area contributed by atoms with Crippen LogP contribution >= 0.6 is 0 Å². The highest BCUT2D eigenvalue weighted by Gasteiger charge is 2.56. The number of methoxy groups -OCH3 is 1. The van der Waals surface area contributed by atoms with E-state index < -0.39 is 11.5 Å². The maximum atomic E-state index is 11.7. The summed E-state index contributed by atoms with van der Waals surface area (Å²) in [6, 6.07) is 0.285. The van der Waals surface area contributed by atoms with Gasteiger partial charge in [-0.05, 0) is 38.1 Å². The Hall–Kier alpha value is -0.610. The largest absolute Gasteiger partial charge is 0.480 e. The molecule has 0 radical (unpaired) electrons. The monoisotopic (exact) mass is 241 g/mol. The number of carbonyl (C=O) groups is 1. The number of aliphatic carboxylic acids is 1. The molecule has 1 saturated carbocycles. The Kier molecular flexibility index (Phi) is 3.73. The summed E-state index contributed by atoms with van der Waals surface area (Å²) in [5, 5.41) is 9.61. The van der Waals surface area contributed by atoms with Gasteiger partial charge >= 0.3 is 5.97 Å². The maximum absolute atomic E-state index is 11.7. The van der Waals surface area contributed by atoms with Crippen molar-refractivity contribution < 1.29 is 14.6 Å². The normalized spacial score (nSPS) is 38.7. The number of piperidine rings is 1. The van der Waals surface area contributed by atoms with Crippen LogP contribution in [0.2, 0.25) is 0 Å². The lowest BCUT2D eigenvalue weighted by atomic mass is 9.65. The summed E-state index contributed by atoms with van der Waals surface area (Å²) in [5.41, 5.74) is -0.608. The predicted octanol–water partition coefficient (Wildman–Crippen LogP) is 1.74. The van der Waals surface area contributed by atoms with E-state index in [1.54, 1.807) is 7.11 Å². The number of hydrogen-bond donors (Lipinski definition) is 1. The second-order valence-electron chi connectivity index (χ2n) is 5.47. The smallest absolute Gasteiger partial charge is 0.324 e. The highest BCUT2D eigenvalue weighted by Crippen LogP contribution is 2.46. The van der Waals surface area contributed by atoms with Gasteiger partial charge < -0.3 is 9.84 Å². The third-order valence-corrected chi connectivity index (χ3v) is 4.64. The zero-order valence-corrected chi connectivity index (χ0v) is 10.8. The van der Waals surface area contributed by atoms with Crippen LogP contribution < -0.4 is 0 Å². The number of nitrogens with zero attached hydrogens (tertiary/aromatic N) is 1. The lowest BCUT2D eigenvalue weighted by Crippen LogP contribution is -2.68. The van der Waals surface area contributed by atoms with Crippen LogP contribution in [0.4, 0.5) is 0 Å². The summed E-state index contributed by atoms with van der Waals surface area (Å²) in [4.78, 5) is 13.9. The third kappa shape index (κ3) is 1.97. The molecule has 2 fully saturated rings. The Bertz CT molecular complexity index is 292. The molecule has 1 aliphatic heterocycles. The molecule has 0 amide bonds. The van der Waals surface area contributed by atoms with Crippen LogP contribution in [0.3, 0.4) is 0 Å². The van der Waals surface area contributed by atoms with Crippen molar-refractivity contribution in [2.45, 2.75) is 50.6 Å². The molecule has 1 saturated heterocycles. The highest BCUT2D eigenvalue weighted by molar-refractivity contribution is 5.80. The first kappa shape index (κ1) is 12.8. The van der Waals surface area contributed by atoms with Crippen molar-refractivity contribution in [3.8, 4) is 0 Å². The molecule has 2 rings (SSSR count). The van der Waals surface area contributed by atoms with Gasteiger partial charge in [0.2, 0.25) is 0 Å². The van der Waals surface area contributed by atoms with E-state index >= 15 is 0 Å². The Labute approximate surface area is 103 Å². The van der Waals surface area contributed by atoms with E-state index in [9.17, 15) is 9.90 Å². The van der Waals surface area contributed by atoms with Crippen molar-refractivity contribution in [3.05, 3.63) is 0 Å². The Morgan fingerprint density at radius 1 is 1.47 bits per heavy atom. The van der Waals surface area contributed by atoms with Crippen LogP contribution in [0, 0.1) is 5.92 Å². The molecule has 2 aliphatic rings. The minimum Gasteiger partial charge on any atom is -0.480 e. The zero-order valence-electron chi connectivity index (χ0n) is 10.8. The Morgan fingerprint density at radius 3 is 2.71 bits per heavy atom. The summed E-state index contributed by atoms with van der Waals surface area (Å²) in [7, 11) is 1.70. The molecule has 1 N–H and O–H groups in total. The topological polar surface area (TPSA) is 49.8 Å². The van der Waals surface area contributed by atoms with Gasteiger partial charge in [-0.1, -0.05) is 13.3 Å². The molecule has 0 aromatic rings. The molecule has 4 heteroatoms. The highest BCUT2D eigenvalue weighted by atomic mass is 16.5. The van der Waals surface area contributed by atoms with E-state index in [0.717, 1.165) is 32.2 Å². The van der Waals surface area contributed by atoms with E-state index in [1.807, 2.05) is 0 Å². The van der Waals surface area contributed by atoms with Crippen molar-refractivity contribution in [1.29, 1.82) is 0 Å². The first-order valence-corrected chi connectivity index (χ1v) is 6.62. The molecule has 17 heavy (non-hydrogen) atoms. The second-order valence-corrected chi connectivity index (χ2v) is 5.47. The summed E-state index contributed by atoms with van der Waals surface area (Å²) in [6.07, 6.45) is 5.19. The van der Waals surface area contributed by atoms with Crippen molar-refractivity contribution in [3.63, 3.8) is 0 Å². The number of likely N-dealkylation sites (tertiary alicyclic amines) is 1. The Morgan fingerprint density at radius 2 is 2.24 bits per heavy atom. The molecule has 3 unspecified atom stereocenters. The molecule has 4 nitrogen and oxygen atoms in total. The minimum absolute atomic E-state index is 0.262. The number of carboxylic acids is 1. The lowest BCUT2D eigenvalue weighted by Gasteiger charge is -2.55. The van der Waals surface area contributed by atoms with Crippen molar-refractivity contribution in [1.82, 2.24) is 4.90 Å². The van der Waals surface area contributed by atoms with E-state index in [2.05, 4.69) is 11.8 Å². The SMILES string of the molecule is COCC1CCCCN1C1(C(=O)O)CCC1C. The molecule has 0 spiro atoms. The van der Waals surface area contributed by atoms with Crippen LogP contribution in [0.25, 0.3) is 0 Å². The van der Waals surface area contributed by atoms with Crippen LogP contribution in [-0.4, -0.2) is 47.8 Å². The van der Waals surface area contributed by atoms with Crippen LogP contribution in [0.1, 0.15) is 39.0 Å². The summed E-state index contributed by atoms with van der Waals surface area (Å²) in [6.45, 7) is 3.63. The predicted molar refractivity (Wildman–Crippen MR) is 65.0 cm³/mol. The van der Waals surface area contributed by atoms with Crippen molar-refractivity contribution in [2.24, 2.45) is 5.92 Å². The van der Waals surface area contributed by atoms with Gasteiger partial charge in [-0.15, -0.1) is 0 Å². The van der Waals surface area contributed by atoms with Crippen LogP contribution in [0.5, 0.6) is 0 Å². The molecular formula is C13H23NO3. The molecule has 1 aliphatic carbocycles. The van der Waals surface area contributed by atoms with E-state index in [0.29, 0.717) is 6.61 Å². The van der Waals surface area contributed by atoms with E-state index in [-0.39, 0.29) is 12.0 Å². The average Bonchev–Trinajstić information content (AvgIpc) is 2.30. The molecule has 0 aromatic carbocycles. The number of carboxylic acid groups (broad SMARTS) is 1. The molecular weight excluding hydrogens is 218 g/mol. The fourth-order valence-electron chi connectivity index (χ4n) is 3.47. The number of ether oxygens (including phenoxy) is 1. The summed E-state index contributed by atoms with van der Waals surface area (Å²) in [5.74, 6) is -0.378. The molecule has 0 aromatic heterocycles. The van der Waals surface area contributed by atoms with Gasteiger partial charge in [0.25, 0.3) is 0 Å². The standard InChI is InChI=1S/C13H23NO3/c1-10-6-7-13(10,12(15)16)14-8-4-3-5-11(14)9-17-2/h10-11H,3-9H2,1-2H3,(H,15,16). The summed E-state index contributed by atoms with van der Waals surface area (Å²) >= 11 is 0. The molecule has 1 heterocycles. The van der Waals surface area contributed by atoms with Gasteiger partial charge in [0, 0.05) is 13.2 Å². The van der Waals surface area contributed by atoms with Gasteiger partial charge in [0.05, 0.1) is 6.61 Å². The average molecular weight is 241 g/mol. The molecule has 3 atom stereocenters. The van der Waals surface area contributed by atoms with Gasteiger partial charge in [-0.2, -0.15) is 0 Å². The first-order chi connectivity index (χ1) is 8.13. The van der Waals surface area contributed by atoms with E-state index in [1.165, 1.54) is 6.42 Å². The van der Waals surface area contributed by atoms with Gasteiger partial charge in [-0.25, -0.2) is 0 Å². The number of rotatable bonds is 4. The summed E-state index contributed by atoms with van der Waals surface area (Å²) < 4.78 is 5.26. The molecule has 98 valence electrons. The fraction of sp³-hybridized carbons (Fsp3) is 0.923. The first-order valence-electron chi connectivity index (χ1n) is 6.62. The fourth-order valence-corrected chi connectivity index (χ4v) is 3.47. The van der Waals surface area contributed by atoms with E-state index in [4.69, 9.17) is 4.74 Å². The van der Waals surface area contributed by atoms with Crippen LogP contribution in [0.15, 0.2) is 0 Å². The molecule has 0 bridgehead atoms. The van der Waals surface area contributed by atoms with Gasteiger partial charge in [-0.3, -0.25) is 9.69 Å². The zero-order chi connectivity index (χ0) is 12.5. The maximum Gasteiger partial charge on any atom is 0.324 e. The van der Waals surface area contributed by atoms with Crippen molar-refractivity contribution >= 4 is 5.97 Å². The van der Waals surface area contributed by atoms with Gasteiger partial charge in [0.1, 0.15) is 5.54 Å². The van der Waals surface area contributed by atoms with Crippen molar-refractivity contribution in [2.75, 3.05) is 20.3 Å². The Balaban J connectivity index is 2.19. The minimum atomic E-state index is -0.640. The van der Waals surface area contributed by atoms with Crippen LogP contribution in [-0.2, 0) is 9.53 Å². The quantitative estimate of drug-likeness (QED) is 0.814. The second kappa shape index (κ2) is 4.94. The number of hydrogen-bond acceptors (Lipinski definition) is 3. The lowest BCUT2D eigenvalue weighted by molar-refractivity contribution is -0.173.